The van der Waals surface area contributed by atoms with Crippen LogP contribution < -0.4 is 10.1 Å². The number of ether oxygens (including phenoxy) is 1. The third kappa shape index (κ3) is 3.46. The number of rotatable bonds is 5. The summed E-state index contributed by atoms with van der Waals surface area (Å²) >= 11 is 0. The maximum atomic E-state index is 12.2. The van der Waals surface area contributed by atoms with Crippen molar-refractivity contribution in [1.29, 1.82) is 0 Å². The standard InChI is InChI=1S/C18H22N6O3S/c1-23(2)28(25,26)15-5-3-14(4-6-15)27-18-16-11-22-24(17(16)20-12-21-18)13-7-9-19-10-8-13/h3-6,11-13,19H,7-10H2,1-2H3. The van der Waals surface area contributed by atoms with E-state index in [-0.39, 0.29) is 4.90 Å². The van der Waals surface area contributed by atoms with Gasteiger partial charge in [-0.15, -0.1) is 0 Å². The van der Waals surface area contributed by atoms with Crippen molar-refractivity contribution in [3.63, 3.8) is 0 Å². The van der Waals surface area contributed by atoms with E-state index in [1.165, 1.54) is 36.9 Å². The predicted octanol–water partition coefficient (Wildman–Crippen LogP) is 1.79. The molecule has 0 unspecified atom stereocenters. The third-order valence-corrected chi connectivity index (χ3v) is 6.66. The molecule has 2 aromatic heterocycles. The molecule has 148 valence electrons. The summed E-state index contributed by atoms with van der Waals surface area (Å²) < 4.78 is 33.4. The van der Waals surface area contributed by atoms with Crippen molar-refractivity contribution in [2.75, 3.05) is 27.2 Å². The Balaban J connectivity index is 1.61. The molecule has 1 saturated heterocycles. The molecule has 1 N–H and O–H groups in total. The number of nitrogens with zero attached hydrogens (tertiary/aromatic N) is 5. The van der Waals surface area contributed by atoms with E-state index in [0.717, 1.165) is 37.0 Å². The van der Waals surface area contributed by atoms with Crippen molar-refractivity contribution >= 4 is 21.1 Å². The highest BCUT2D eigenvalue weighted by molar-refractivity contribution is 7.89. The minimum Gasteiger partial charge on any atom is -0.438 e. The largest absolute Gasteiger partial charge is 0.438 e. The second kappa shape index (κ2) is 7.46. The van der Waals surface area contributed by atoms with Crippen LogP contribution in [0, 0.1) is 0 Å². The number of aromatic nitrogens is 4. The average molecular weight is 402 g/mol. The van der Waals surface area contributed by atoms with Gasteiger partial charge in [-0.1, -0.05) is 0 Å². The highest BCUT2D eigenvalue weighted by Gasteiger charge is 2.21. The van der Waals surface area contributed by atoms with Gasteiger partial charge in [0.05, 0.1) is 17.1 Å². The van der Waals surface area contributed by atoms with Gasteiger partial charge in [0, 0.05) is 14.1 Å². The first-order valence-corrected chi connectivity index (χ1v) is 10.5. The van der Waals surface area contributed by atoms with E-state index in [2.05, 4.69) is 20.4 Å². The van der Waals surface area contributed by atoms with Crippen LogP contribution in [0.1, 0.15) is 18.9 Å². The van der Waals surface area contributed by atoms with Crippen LogP contribution in [0.3, 0.4) is 0 Å². The van der Waals surface area contributed by atoms with Crippen molar-refractivity contribution in [3.05, 3.63) is 36.8 Å². The fourth-order valence-corrected chi connectivity index (χ4v) is 4.14. The molecule has 28 heavy (non-hydrogen) atoms. The van der Waals surface area contributed by atoms with E-state index in [4.69, 9.17) is 4.74 Å². The zero-order valence-electron chi connectivity index (χ0n) is 15.7. The van der Waals surface area contributed by atoms with E-state index >= 15 is 0 Å². The molecule has 1 fully saturated rings. The lowest BCUT2D eigenvalue weighted by atomic mass is 10.1. The number of benzene rings is 1. The molecule has 0 radical (unpaired) electrons. The Labute approximate surface area is 163 Å². The van der Waals surface area contributed by atoms with Gasteiger partial charge in [-0.25, -0.2) is 27.4 Å². The minimum atomic E-state index is -3.48. The monoisotopic (exact) mass is 402 g/mol. The van der Waals surface area contributed by atoms with Crippen LogP contribution in [0.2, 0.25) is 0 Å². The summed E-state index contributed by atoms with van der Waals surface area (Å²) in [6, 6.07) is 6.56. The van der Waals surface area contributed by atoms with Crippen molar-refractivity contribution in [3.8, 4) is 11.6 Å². The van der Waals surface area contributed by atoms with Crippen LogP contribution in [0.25, 0.3) is 11.0 Å². The molecule has 0 bridgehead atoms. The molecule has 10 heteroatoms. The molecular formula is C18H22N6O3S. The van der Waals surface area contributed by atoms with Crippen molar-refractivity contribution in [2.45, 2.75) is 23.8 Å². The van der Waals surface area contributed by atoms with Gasteiger partial charge in [0.25, 0.3) is 0 Å². The van der Waals surface area contributed by atoms with Crippen LogP contribution in [-0.2, 0) is 10.0 Å². The lowest BCUT2D eigenvalue weighted by Crippen LogP contribution is -2.29. The lowest BCUT2D eigenvalue weighted by Gasteiger charge is -2.23. The maximum Gasteiger partial charge on any atom is 0.242 e. The molecule has 0 aliphatic carbocycles. The number of nitrogens with one attached hydrogen (secondary N) is 1. The number of hydrogen-bond donors (Lipinski definition) is 1. The summed E-state index contributed by atoms with van der Waals surface area (Å²) in [4.78, 5) is 8.83. The molecule has 1 aliphatic heterocycles. The molecule has 1 aromatic carbocycles. The predicted molar refractivity (Wildman–Crippen MR) is 104 cm³/mol. The lowest BCUT2D eigenvalue weighted by molar-refractivity contribution is 0.349. The smallest absolute Gasteiger partial charge is 0.242 e. The van der Waals surface area contributed by atoms with Gasteiger partial charge in [-0.05, 0) is 50.2 Å². The zero-order valence-corrected chi connectivity index (χ0v) is 16.6. The molecule has 0 saturated carbocycles. The third-order valence-electron chi connectivity index (χ3n) is 4.83. The quantitative estimate of drug-likeness (QED) is 0.694. The Hall–Kier alpha value is -2.56. The fraction of sp³-hybridized carbons (Fsp3) is 0.389. The van der Waals surface area contributed by atoms with E-state index in [0.29, 0.717) is 17.7 Å². The van der Waals surface area contributed by atoms with Crippen LogP contribution in [0.5, 0.6) is 11.6 Å². The molecular weight excluding hydrogens is 380 g/mol. The number of hydrogen-bond acceptors (Lipinski definition) is 7. The van der Waals surface area contributed by atoms with Gasteiger partial charge in [0.1, 0.15) is 17.5 Å². The summed E-state index contributed by atoms with van der Waals surface area (Å²) in [6.07, 6.45) is 5.18. The summed E-state index contributed by atoms with van der Waals surface area (Å²) in [5.41, 5.74) is 0.740. The maximum absolute atomic E-state index is 12.2. The molecule has 3 aromatic rings. The highest BCUT2D eigenvalue weighted by atomic mass is 32.2. The van der Waals surface area contributed by atoms with Gasteiger partial charge >= 0.3 is 0 Å². The molecule has 9 nitrogen and oxygen atoms in total. The first kappa shape index (κ1) is 18.8. The van der Waals surface area contributed by atoms with Gasteiger partial charge in [-0.3, -0.25) is 0 Å². The highest BCUT2D eigenvalue weighted by Crippen LogP contribution is 2.30. The van der Waals surface area contributed by atoms with Crippen molar-refractivity contribution in [2.24, 2.45) is 0 Å². The Morgan fingerprint density at radius 2 is 1.86 bits per heavy atom. The van der Waals surface area contributed by atoms with Crippen LogP contribution in [-0.4, -0.2) is 59.7 Å². The van der Waals surface area contributed by atoms with Crippen molar-refractivity contribution in [1.82, 2.24) is 29.4 Å². The van der Waals surface area contributed by atoms with Gasteiger partial charge in [0.15, 0.2) is 5.65 Å². The molecule has 1 aliphatic rings. The zero-order chi connectivity index (χ0) is 19.7. The normalized spacial score (nSPS) is 16.0. The fourth-order valence-electron chi connectivity index (χ4n) is 3.24. The van der Waals surface area contributed by atoms with Crippen LogP contribution in [0.4, 0.5) is 0 Å². The molecule has 3 heterocycles. The van der Waals surface area contributed by atoms with E-state index < -0.39 is 10.0 Å². The molecule has 0 atom stereocenters. The van der Waals surface area contributed by atoms with Gasteiger partial charge in [0.2, 0.25) is 15.9 Å². The second-order valence-corrected chi connectivity index (χ2v) is 9.00. The topological polar surface area (TPSA) is 102 Å². The Morgan fingerprint density at radius 1 is 1.14 bits per heavy atom. The van der Waals surface area contributed by atoms with E-state index in [1.807, 2.05) is 4.68 Å². The van der Waals surface area contributed by atoms with Gasteiger partial charge in [-0.2, -0.15) is 5.10 Å². The summed E-state index contributed by atoms with van der Waals surface area (Å²) in [6.45, 7) is 1.92. The average Bonchev–Trinajstić information content (AvgIpc) is 3.14. The SMILES string of the molecule is CN(C)S(=O)(=O)c1ccc(Oc2ncnc3c2cnn3C2CCNCC2)cc1. The summed E-state index contributed by atoms with van der Waals surface area (Å²) in [5, 5.41) is 8.58. The summed E-state index contributed by atoms with van der Waals surface area (Å²) in [7, 11) is -0.482. The van der Waals surface area contributed by atoms with Crippen LogP contribution in [0.15, 0.2) is 41.7 Å². The van der Waals surface area contributed by atoms with Crippen LogP contribution >= 0.6 is 0 Å². The summed E-state index contributed by atoms with van der Waals surface area (Å²) in [5.74, 6) is 0.890. The second-order valence-electron chi connectivity index (χ2n) is 6.85. The first-order chi connectivity index (χ1) is 13.5. The Bertz CT molecular complexity index is 1070. The van der Waals surface area contributed by atoms with E-state index in [1.54, 1.807) is 18.3 Å². The minimum absolute atomic E-state index is 0.205. The van der Waals surface area contributed by atoms with E-state index in [9.17, 15) is 8.42 Å². The Morgan fingerprint density at radius 3 is 2.54 bits per heavy atom. The van der Waals surface area contributed by atoms with Gasteiger partial charge < -0.3 is 10.1 Å². The number of piperidine rings is 1. The molecule has 4 rings (SSSR count). The number of sulfonamides is 1. The Kier molecular flexibility index (Phi) is 5.00. The molecule has 0 spiro atoms. The first-order valence-electron chi connectivity index (χ1n) is 9.06. The number of fused-ring (bicyclic) bond motifs is 1. The molecule has 0 amide bonds. The van der Waals surface area contributed by atoms with Crippen molar-refractivity contribution < 1.29 is 13.2 Å².